The molecule has 4 nitrogen and oxygen atoms in total. The summed E-state index contributed by atoms with van der Waals surface area (Å²) >= 11 is 5.64. The van der Waals surface area contributed by atoms with Crippen molar-refractivity contribution in [3.8, 4) is 6.07 Å². The van der Waals surface area contributed by atoms with Crippen molar-refractivity contribution < 1.29 is 13.9 Å². The summed E-state index contributed by atoms with van der Waals surface area (Å²) < 4.78 is 18.8. The van der Waals surface area contributed by atoms with E-state index in [2.05, 4.69) is 5.32 Å². The maximum atomic E-state index is 13.7. The molecule has 0 spiro atoms. The Morgan fingerprint density at radius 2 is 2.16 bits per heavy atom. The van der Waals surface area contributed by atoms with Crippen molar-refractivity contribution in [2.24, 2.45) is 5.41 Å². The number of carbonyl (C=O) groups excluding carboxylic acids is 1. The van der Waals surface area contributed by atoms with Gasteiger partial charge in [0.1, 0.15) is 5.41 Å². The molecule has 0 saturated carbocycles. The molecule has 1 heterocycles. The Bertz CT molecular complexity index is 536. The summed E-state index contributed by atoms with van der Waals surface area (Å²) in [5.74, 6) is -1.21. The van der Waals surface area contributed by atoms with E-state index in [1.165, 1.54) is 18.2 Å². The second-order valence-electron chi connectivity index (χ2n) is 4.36. The number of nitrogens with zero attached hydrogens (tertiary/aromatic N) is 1. The molecule has 1 aromatic carbocycles. The SMILES string of the molecule is N#CC1(C(=O)Nc2cccc(Cl)c2F)CCOCC1. The third-order valence-electron chi connectivity index (χ3n) is 3.19. The zero-order valence-corrected chi connectivity index (χ0v) is 10.8. The highest BCUT2D eigenvalue weighted by atomic mass is 35.5. The summed E-state index contributed by atoms with van der Waals surface area (Å²) in [4.78, 5) is 12.2. The second-order valence-corrected chi connectivity index (χ2v) is 4.77. The molecule has 6 heteroatoms. The molecule has 2 rings (SSSR count). The minimum atomic E-state index is -1.16. The van der Waals surface area contributed by atoms with Crippen LogP contribution in [0.4, 0.5) is 10.1 Å². The van der Waals surface area contributed by atoms with Gasteiger partial charge >= 0.3 is 0 Å². The number of nitrogens with one attached hydrogen (secondary N) is 1. The third-order valence-corrected chi connectivity index (χ3v) is 3.49. The van der Waals surface area contributed by atoms with Crippen LogP contribution >= 0.6 is 11.6 Å². The van der Waals surface area contributed by atoms with Gasteiger partial charge < -0.3 is 10.1 Å². The molecule has 0 unspecified atom stereocenters. The minimum Gasteiger partial charge on any atom is -0.381 e. The summed E-state index contributed by atoms with van der Waals surface area (Å²) in [5.41, 5.74) is -1.17. The number of hydrogen-bond donors (Lipinski definition) is 1. The number of amides is 1. The number of rotatable bonds is 2. The van der Waals surface area contributed by atoms with Crippen LogP contribution in [0.3, 0.4) is 0 Å². The quantitative estimate of drug-likeness (QED) is 0.907. The number of anilines is 1. The Morgan fingerprint density at radius 3 is 2.79 bits per heavy atom. The van der Waals surface area contributed by atoms with Gasteiger partial charge in [0, 0.05) is 13.2 Å². The fraction of sp³-hybridized carbons (Fsp3) is 0.385. The van der Waals surface area contributed by atoms with Crippen LogP contribution in [-0.2, 0) is 9.53 Å². The smallest absolute Gasteiger partial charge is 0.245 e. The van der Waals surface area contributed by atoms with E-state index in [0.717, 1.165) is 0 Å². The Labute approximate surface area is 115 Å². The Balaban J connectivity index is 2.20. The second kappa shape index (κ2) is 5.55. The van der Waals surface area contributed by atoms with Crippen LogP contribution in [0.25, 0.3) is 0 Å². The third kappa shape index (κ3) is 2.70. The average Bonchev–Trinajstić information content (AvgIpc) is 2.44. The molecule has 1 N–H and O–H groups in total. The summed E-state index contributed by atoms with van der Waals surface area (Å²) in [7, 11) is 0. The van der Waals surface area contributed by atoms with Gasteiger partial charge in [-0.3, -0.25) is 4.79 Å². The zero-order valence-electron chi connectivity index (χ0n) is 10.1. The van der Waals surface area contributed by atoms with Gasteiger partial charge in [-0.2, -0.15) is 5.26 Å². The first-order valence-electron chi connectivity index (χ1n) is 5.83. The average molecular weight is 283 g/mol. The highest BCUT2D eigenvalue weighted by molar-refractivity contribution is 6.31. The minimum absolute atomic E-state index is 0.0152. The van der Waals surface area contributed by atoms with Crippen molar-refractivity contribution >= 4 is 23.2 Å². The Hall–Kier alpha value is -1.64. The lowest BCUT2D eigenvalue weighted by atomic mass is 9.81. The predicted octanol–water partition coefficient (Wildman–Crippen LogP) is 2.74. The topological polar surface area (TPSA) is 62.1 Å². The fourth-order valence-electron chi connectivity index (χ4n) is 1.95. The molecule has 1 aliphatic heterocycles. The van der Waals surface area contributed by atoms with Crippen LogP contribution in [0.1, 0.15) is 12.8 Å². The molecule has 100 valence electrons. The van der Waals surface area contributed by atoms with E-state index in [4.69, 9.17) is 16.3 Å². The molecule has 0 radical (unpaired) electrons. The van der Waals surface area contributed by atoms with Crippen LogP contribution < -0.4 is 5.32 Å². The molecule has 19 heavy (non-hydrogen) atoms. The summed E-state index contributed by atoms with van der Waals surface area (Å²) in [5, 5.41) is 11.6. The summed E-state index contributed by atoms with van der Waals surface area (Å²) in [6, 6.07) is 6.35. The number of carbonyl (C=O) groups is 1. The van der Waals surface area contributed by atoms with Crippen LogP contribution in [0.2, 0.25) is 5.02 Å². The Morgan fingerprint density at radius 1 is 1.47 bits per heavy atom. The number of hydrogen-bond acceptors (Lipinski definition) is 3. The van der Waals surface area contributed by atoms with E-state index in [-0.39, 0.29) is 10.7 Å². The van der Waals surface area contributed by atoms with Gasteiger partial charge in [0.2, 0.25) is 5.91 Å². The lowest BCUT2D eigenvalue weighted by Crippen LogP contribution is -2.40. The van der Waals surface area contributed by atoms with E-state index in [1.54, 1.807) is 0 Å². The summed E-state index contributed by atoms with van der Waals surface area (Å²) in [6.07, 6.45) is 0.606. The molecule has 1 aliphatic rings. The predicted molar refractivity (Wildman–Crippen MR) is 68.1 cm³/mol. The highest BCUT2D eigenvalue weighted by Crippen LogP contribution is 2.32. The van der Waals surface area contributed by atoms with E-state index in [0.29, 0.717) is 26.1 Å². The molecule has 1 fully saturated rings. The van der Waals surface area contributed by atoms with E-state index < -0.39 is 17.1 Å². The molecule has 0 atom stereocenters. The highest BCUT2D eigenvalue weighted by Gasteiger charge is 2.40. The number of ether oxygens (including phenoxy) is 1. The van der Waals surface area contributed by atoms with Crippen LogP contribution in [-0.4, -0.2) is 19.1 Å². The van der Waals surface area contributed by atoms with Crippen LogP contribution in [0, 0.1) is 22.6 Å². The van der Waals surface area contributed by atoms with Gasteiger partial charge in [-0.05, 0) is 25.0 Å². The van der Waals surface area contributed by atoms with Gasteiger partial charge in [-0.25, -0.2) is 4.39 Å². The Kier molecular flexibility index (Phi) is 4.03. The van der Waals surface area contributed by atoms with Crippen molar-refractivity contribution in [1.82, 2.24) is 0 Å². The molecule has 1 aromatic rings. The first-order valence-corrected chi connectivity index (χ1v) is 6.21. The largest absolute Gasteiger partial charge is 0.381 e. The standard InChI is InChI=1S/C13H12ClFN2O2/c14-9-2-1-3-10(11(9)15)17-12(18)13(8-16)4-6-19-7-5-13/h1-3H,4-7H2,(H,17,18). The van der Waals surface area contributed by atoms with Gasteiger partial charge in [0.25, 0.3) is 0 Å². The maximum Gasteiger partial charge on any atom is 0.245 e. The van der Waals surface area contributed by atoms with Crippen molar-refractivity contribution in [1.29, 1.82) is 5.26 Å². The number of halogens is 2. The monoisotopic (exact) mass is 282 g/mol. The van der Waals surface area contributed by atoms with Gasteiger partial charge in [0.05, 0.1) is 16.8 Å². The lowest BCUT2D eigenvalue weighted by Gasteiger charge is -2.29. The van der Waals surface area contributed by atoms with E-state index in [9.17, 15) is 14.4 Å². The zero-order chi connectivity index (χ0) is 13.9. The molecule has 1 amide bonds. The van der Waals surface area contributed by atoms with Crippen molar-refractivity contribution in [2.75, 3.05) is 18.5 Å². The van der Waals surface area contributed by atoms with Crippen LogP contribution in [0.5, 0.6) is 0 Å². The van der Waals surface area contributed by atoms with Gasteiger partial charge in [0.15, 0.2) is 5.82 Å². The molecule has 0 bridgehead atoms. The van der Waals surface area contributed by atoms with Crippen molar-refractivity contribution in [3.63, 3.8) is 0 Å². The summed E-state index contributed by atoms with van der Waals surface area (Å²) in [6.45, 7) is 0.692. The van der Waals surface area contributed by atoms with Crippen molar-refractivity contribution in [2.45, 2.75) is 12.8 Å². The first kappa shape index (κ1) is 13.8. The van der Waals surface area contributed by atoms with Gasteiger partial charge in [-0.15, -0.1) is 0 Å². The number of benzene rings is 1. The maximum absolute atomic E-state index is 13.7. The first-order chi connectivity index (χ1) is 9.09. The molecular weight excluding hydrogens is 271 g/mol. The number of nitriles is 1. The van der Waals surface area contributed by atoms with E-state index in [1.807, 2.05) is 6.07 Å². The lowest BCUT2D eigenvalue weighted by molar-refractivity contribution is -0.126. The van der Waals surface area contributed by atoms with Crippen LogP contribution in [0.15, 0.2) is 18.2 Å². The molecular formula is C13H12ClFN2O2. The van der Waals surface area contributed by atoms with Crippen molar-refractivity contribution in [3.05, 3.63) is 29.0 Å². The van der Waals surface area contributed by atoms with Gasteiger partial charge in [-0.1, -0.05) is 17.7 Å². The molecule has 0 aromatic heterocycles. The molecule has 0 aliphatic carbocycles. The normalized spacial score (nSPS) is 17.5. The molecule has 1 saturated heterocycles. The van der Waals surface area contributed by atoms with E-state index >= 15 is 0 Å². The fourth-order valence-corrected chi connectivity index (χ4v) is 2.13.